The van der Waals surface area contributed by atoms with Crippen LogP contribution >= 0.6 is 0 Å². The van der Waals surface area contributed by atoms with Crippen molar-refractivity contribution in [3.8, 4) is 6.07 Å². The molecular formula is C16H21N3O2. The van der Waals surface area contributed by atoms with Crippen LogP contribution in [0.1, 0.15) is 35.7 Å². The van der Waals surface area contributed by atoms with E-state index in [1.807, 2.05) is 7.05 Å². The molecule has 5 heteroatoms. The van der Waals surface area contributed by atoms with Crippen molar-refractivity contribution in [2.75, 3.05) is 31.6 Å². The molecule has 5 nitrogen and oxygen atoms in total. The summed E-state index contributed by atoms with van der Waals surface area (Å²) in [6, 6.07) is 7.28. The van der Waals surface area contributed by atoms with Crippen LogP contribution in [0.3, 0.4) is 0 Å². The average molecular weight is 287 g/mol. The molecule has 1 fully saturated rings. The highest BCUT2D eigenvalue weighted by molar-refractivity contribution is 5.89. The van der Waals surface area contributed by atoms with Gasteiger partial charge >= 0.3 is 5.97 Å². The molecule has 1 N–H and O–H groups in total. The fourth-order valence-corrected chi connectivity index (χ4v) is 2.89. The second-order valence-corrected chi connectivity index (χ2v) is 5.43. The Hall–Kier alpha value is -2.06. The van der Waals surface area contributed by atoms with Crippen molar-refractivity contribution in [3.63, 3.8) is 0 Å². The average Bonchev–Trinajstić information content (AvgIpc) is 2.53. The lowest BCUT2D eigenvalue weighted by Crippen LogP contribution is -2.43. The number of benzene rings is 1. The van der Waals surface area contributed by atoms with Crippen LogP contribution < -0.4 is 4.90 Å². The van der Waals surface area contributed by atoms with Crippen LogP contribution in [0.2, 0.25) is 0 Å². The summed E-state index contributed by atoms with van der Waals surface area (Å²) in [7, 11) is 1.99. The lowest BCUT2D eigenvalue weighted by molar-refractivity contribution is 0.0697. The van der Waals surface area contributed by atoms with Crippen LogP contribution in [0.4, 0.5) is 5.69 Å². The zero-order valence-corrected chi connectivity index (χ0v) is 12.5. The van der Waals surface area contributed by atoms with E-state index < -0.39 is 5.97 Å². The molecule has 0 aliphatic carbocycles. The van der Waals surface area contributed by atoms with E-state index in [4.69, 9.17) is 5.11 Å². The van der Waals surface area contributed by atoms with Crippen molar-refractivity contribution in [2.24, 2.45) is 0 Å². The molecule has 1 aromatic carbocycles. The Morgan fingerprint density at radius 3 is 2.67 bits per heavy atom. The van der Waals surface area contributed by atoms with Gasteiger partial charge in [0.25, 0.3) is 0 Å². The first-order valence-electron chi connectivity index (χ1n) is 7.29. The van der Waals surface area contributed by atoms with Gasteiger partial charge in [0.15, 0.2) is 0 Å². The van der Waals surface area contributed by atoms with Crippen LogP contribution in [0, 0.1) is 11.3 Å². The highest BCUT2D eigenvalue weighted by atomic mass is 16.4. The highest BCUT2D eigenvalue weighted by Crippen LogP contribution is 2.26. The molecule has 0 amide bonds. The zero-order valence-electron chi connectivity index (χ0n) is 12.5. The Morgan fingerprint density at radius 2 is 2.14 bits per heavy atom. The minimum atomic E-state index is -1.00. The molecule has 0 bridgehead atoms. The number of nitrogens with zero attached hydrogens (tertiary/aromatic N) is 3. The molecule has 112 valence electrons. The van der Waals surface area contributed by atoms with E-state index in [2.05, 4.69) is 22.8 Å². The minimum absolute atomic E-state index is 0.157. The molecule has 0 unspecified atom stereocenters. The molecule has 1 aliphatic rings. The predicted octanol–water partition coefficient (Wildman–Crippen LogP) is 2.18. The molecule has 21 heavy (non-hydrogen) atoms. The van der Waals surface area contributed by atoms with Gasteiger partial charge in [-0.25, -0.2) is 4.79 Å². The van der Waals surface area contributed by atoms with Gasteiger partial charge in [-0.3, -0.25) is 0 Å². The Morgan fingerprint density at radius 1 is 1.48 bits per heavy atom. The number of piperidine rings is 1. The predicted molar refractivity (Wildman–Crippen MR) is 81.7 cm³/mol. The third-order valence-corrected chi connectivity index (χ3v) is 4.30. The second-order valence-electron chi connectivity index (χ2n) is 5.43. The van der Waals surface area contributed by atoms with Crippen molar-refractivity contribution < 1.29 is 9.90 Å². The summed E-state index contributed by atoms with van der Waals surface area (Å²) >= 11 is 0. The minimum Gasteiger partial charge on any atom is -0.478 e. The number of anilines is 1. The third kappa shape index (κ3) is 3.34. The van der Waals surface area contributed by atoms with Gasteiger partial charge < -0.3 is 14.9 Å². The lowest BCUT2D eigenvalue weighted by atomic mass is 10.0. The van der Waals surface area contributed by atoms with Crippen LogP contribution in [0.5, 0.6) is 0 Å². The number of likely N-dealkylation sites (tertiary alicyclic amines) is 1. The van der Waals surface area contributed by atoms with Gasteiger partial charge in [-0.15, -0.1) is 0 Å². The Kier molecular flexibility index (Phi) is 4.81. The Balaban J connectivity index is 2.18. The maximum absolute atomic E-state index is 11.0. The van der Waals surface area contributed by atoms with E-state index in [-0.39, 0.29) is 5.56 Å². The third-order valence-electron chi connectivity index (χ3n) is 4.30. The number of hydrogen-bond donors (Lipinski definition) is 1. The number of rotatable bonds is 4. The number of carboxylic acids is 1. The molecule has 1 saturated heterocycles. The topological polar surface area (TPSA) is 67.6 Å². The molecule has 1 heterocycles. The summed E-state index contributed by atoms with van der Waals surface area (Å²) in [5, 5.41) is 18.3. The maximum atomic E-state index is 11.0. The molecule has 0 spiro atoms. The molecule has 2 rings (SSSR count). The first-order valence-corrected chi connectivity index (χ1v) is 7.29. The van der Waals surface area contributed by atoms with Gasteiger partial charge in [-0.2, -0.15) is 5.26 Å². The largest absolute Gasteiger partial charge is 0.478 e. The van der Waals surface area contributed by atoms with Gasteiger partial charge in [0, 0.05) is 26.2 Å². The second kappa shape index (κ2) is 6.59. The van der Waals surface area contributed by atoms with Crippen molar-refractivity contribution in [1.29, 1.82) is 5.26 Å². The lowest BCUT2D eigenvalue weighted by Gasteiger charge is -2.37. The number of carbonyl (C=O) groups is 1. The quantitative estimate of drug-likeness (QED) is 0.919. The number of aromatic carboxylic acids is 1. The van der Waals surface area contributed by atoms with Gasteiger partial charge in [0.2, 0.25) is 0 Å². The number of nitriles is 1. The monoisotopic (exact) mass is 287 g/mol. The SMILES string of the molecule is CCN1CCC(N(C)c2ccc(C(=O)O)cc2C#N)CC1. The van der Waals surface area contributed by atoms with Crippen molar-refractivity contribution in [2.45, 2.75) is 25.8 Å². The maximum Gasteiger partial charge on any atom is 0.335 e. The Labute approximate surface area is 125 Å². The highest BCUT2D eigenvalue weighted by Gasteiger charge is 2.23. The molecule has 1 aliphatic heterocycles. The van der Waals surface area contributed by atoms with Crippen molar-refractivity contribution in [1.82, 2.24) is 4.90 Å². The summed E-state index contributed by atoms with van der Waals surface area (Å²) in [5.41, 5.74) is 1.40. The zero-order chi connectivity index (χ0) is 15.4. The summed E-state index contributed by atoms with van der Waals surface area (Å²) in [4.78, 5) is 15.5. The normalized spacial score (nSPS) is 16.4. The van der Waals surface area contributed by atoms with Crippen molar-refractivity contribution >= 4 is 11.7 Å². The number of carboxylic acid groups (broad SMARTS) is 1. The van der Waals surface area contributed by atoms with Crippen LogP contribution in [-0.2, 0) is 0 Å². The first-order chi connectivity index (χ1) is 10.1. The van der Waals surface area contributed by atoms with E-state index in [0.717, 1.165) is 38.2 Å². The van der Waals surface area contributed by atoms with Crippen LogP contribution in [0.25, 0.3) is 0 Å². The van der Waals surface area contributed by atoms with Gasteiger partial charge in [0.05, 0.1) is 16.8 Å². The molecular weight excluding hydrogens is 266 g/mol. The molecule has 0 saturated carbocycles. The van der Waals surface area contributed by atoms with E-state index in [1.54, 1.807) is 12.1 Å². The van der Waals surface area contributed by atoms with Gasteiger partial charge in [-0.05, 0) is 37.6 Å². The van der Waals surface area contributed by atoms with Crippen LogP contribution in [0.15, 0.2) is 18.2 Å². The molecule has 1 aromatic rings. The van der Waals surface area contributed by atoms with Crippen LogP contribution in [-0.4, -0.2) is 48.7 Å². The Bertz CT molecular complexity index is 557. The summed E-state index contributed by atoms with van der Waals surface area (Å²) in [5.74, 6) is -1.00. The fraction of sp³-hybridized carbons (Fsp3) is 0.500. The summed E-state index contributed by atoms with van der Waals surface area (Å²) in [6.07, 6.45) is 2.13. The van der Waals surface area contributed by atoms with Gasteiger partial charge in [0.1, 0.15) is 6.07 Å². The molecule has 0 radical (unpaired) electrons. The fourth-order valence-electron chi connectivity index (χ4n) is 2.89. The van der Waals surface area contributed by atoms with Crippen molar-refractivity contribution in [3.05, 3.63) is 29.3 Å². The molecule has 0 aromatic heterocycles. The first kappa shape index (κ1) is 15.3. The van der Waals surface area contributed by atoms with E-state index in [9.17, 15) is 10.1 Å². The number of hydrogen-bond acceptors (Lipinski definition) is 4. The van der Waals surface area contributed by atoms with E-state index >= 15 is 0 Å². The molecule has 0 atom stereocenters. The van der Waals surface area contributed by atoms with E-state index in [1.165, 1.54) is 6.07 Å². The standard InChI is InChI=1S/C16H21N3O2/c1-3-19-8-6-14(7-9-19)18(2)15-5-4-12(16(20)21)10-13(15)11-17/h4-5,10,14H,3,6-9H2,1-2H3,(H,20,21). The van der Waals surface area contributed by atoms with Gasteiger partial charge in [-0.1, -0.05) is 6.92 Å². The summed E-state index contributed by atoms with van der Waals surface area (Å²) in [6.45, 7) is 5.39. The van der Waals surface area contributed by atoms with E-state index in [0.29, 0.717) is 11.6 Å². The smallest absolute Gasteiger partial charge is 0.335 e. The summed E-state index contributed by atoms with van der Waals surface area (Å²) < 4.78 is 0.